The van der Waals surface area contributed by atoms with E-state index in [0.29, 0.717) is 0 Å². The maximum absolute atomic E-state index is 10.4. The number of aromatic hydroxyl groups is 2. The standard InChI is InChI=1S/2C8H6O5/c9-6-3-4(7(10)11)1-2-5(6)8(12)13;9-6-4(7(10)11)2-1-3-5(6)8(12)13/h2*1-3,9H,(H,10,11)(H,12,13). The van der Waals surface area contributed by atoms with Crippen molar-refractivity contribution < 1.29 is 49.8 Å². The Kier molecular flexibility index (Phi) is 6.26. The highest BCUT2D eigenvalue weighted by Crippen LogP contribution is 2.22. The number of carbonyl (C=O) groups is 4. The molecule has 0 unspecified atom stereocenters. The van der Waals surface area contributed by atoms with Gasteiger partial charge in [-0.05, 0) is 30.3 Å². The van der Waals surface area contributed by atoms with Crippen LogP contribution in [-0.4, -0.2) is 54.5 Å². The van der Waals surface area contributed by atoms with Crippen LogP contribution in [0.5, 0.6) is 11.5 Å². The van der Waals surface area contributed by atoms with Crippen molar-refractivity contribution >= 4 is 23.9 Å². The van der Waals surface area contributed by atoms with Crippen LogP contribution in [0, 0.1) is 0 Å². The van der Waals surface area contributed by atoms with Gasteiger partial charge in [-0.3, -0.25) is 0 Å². The predicted octanol–water partition coefficient (Wildman–Crippen LogP) is 1.58. The predicted molar refractivity (Wildman–Crippen MR) is 84.1 cm³/mol. The molecule has 0 saturated heterocycles. The first kappa shape index (κ1) is 20.0. The Bertz CT molecular complexity index is 852. The first-order chi connectivity index (χ1) is 12.1. The molecule has 0 radical (unpaired) electrons. The molecular weight excluding hydrogens is 352 g/mol. The third-order valence-electron chi connectivity index (χ3n) is 2.97. The highest BCUT2D eigenvalue weighted by atomic mass is 16.4. The molecule has 2 aromatic carbocycles. The third kappa shape index (κ3) is 4.71. The molecule has 0 amide bonds. The number of para-hydroxylation sites is 1. The van der Waals surface area contributed by atoms with Gasteiger partial charge < -0.3 is 30.6 Å². The minimum Gasteiger partial charge on any atom is -0.507 e. The molecule has 10 nitrogen and oxygen atoms in total. The van der Waals surface area contributed by atoms with Crippen LogP contribution in [-0.2, 0) is 0 Å². The molecule has 0 heterocycles. The third-order valence-corrected chi connectivity index (χ3v) is 2.97. The van der Waals surface area contributed by atoms with E-state index < -0.39 is 46.5 Å². The van der Waals surface area contributed by atoms with E-state index in [1.807, 2.05) is 0 Å². The lowest BCUT2D eigenvalue weighted by molar-refractivity contribution is 0.0676. The van der Waals surface area contributed by atoms with Gasteiger partial charge in [0.15, 0.2) is 0 Å². The molecule has 0 bridgehead atoms. The van der Waals surface area contributed by atoms with E-state index >= 15 is 0 Å². The summed E-state index contributed by atoms with van der Waals surface area (Å²) in [6.07, 6.45) is 0. The lowest BCUT2D eigenvalue weighted by Gasteiger charge is -2.01. The minimum absolute atomic E-state index is 0.150. The van der Waals surface area contributed by atoms with Gasteiger partial charge in [-0.1, -0.05) is 6.07 Å². The van der Waals surface area contributed by atoms with Crippen LogP contribution in [0.15, 0.2) is 36.4 Å². The zero-order chi connectivity index (χ0) is 20.0. The van der Waals surface area contributed by atoms with Gasteiger partial charge in [-0.2, -0.15) is 0 Å². The van der Waals surface area contributed by atoms with E-state index in [4.69, 9.17) is 30.6 Å². The Morgan fingerprint density at radius 1 is 0.615 bits per heavy atom. The monoisotopic (exact) mass is 364 g/mol. The van der Waals surface area contributed by atoms with E-state index in [2.05, 4.69) is 0 Å². The molecule has 0 aliphatic carbocycles. The number of aromatic carboxylic acids is 4. The molecule has 26 heavy (non-hydrogen) atoms. The molecule has 0 saturated carbocycles. The van der Waals surface area contributed by atoms with Gasteiger partial charge in [-0.15, -0.1) is 0 Å². The van der Waals surface area contributed by atoms with Crippen molar-refractivity contribution in [2.24, 2.45) is 0 Å². The summed E-state index contributed by atoms with van der Waals surface area (Å²) in [6, 6.07) is 6.57. The van der Waals surface area contributed by atoms with Crippen molar-refractivity contribution in [3.05, 3.63) is 58.7 Å². The lowest BCUT2D eigenvalue weighted by Crippen LogP contribution is -2.02. The number of benzene rings is 2. The number of carboxylic acid groups (broad SMARTS) is 4. The van der Waals surface area contributed by atoms with Gasteiger partial charge in [-0.25, -0.2) is 19.2 Å². The van der Waals surface area contributed by atoms with Crippen molar-refractivity contribution in [1.29, 1.82) is 0 Å². The zero-order valence-electron chi connectivity index (χ0n) is 12.8. The molecule has 0 fully saturated rings. The van der Waals surface area contributed by atoms with Crippen molar-refractivity contribution in [3.63, 3.8) is 0 Å². The fraction of sp³-hybridized carbons (Fsp3) is 0. The first-order valence-electron chi connectivity index (χ1n) is 6.64. The summed E-state index contributed by atoms with van der Waals surface area (Å²) < 4.78 is 0. The molecule has 2 rings (SSSR count). The number of rotatable bonds is 4. The highest BCUT2D eigenvalue weighted by Gasteiger charge is 2.16. The molecule has 2 aromatic rings. The van der Waals surface area contributed by atoms with Crippen molar-refractivity contribution in [2.75, 3.05) is 0 Å². The van der Waals surface area contributed by atoms with Crippen LogP contribution >= 0.6 is 0 Å². The average Bonchev–Trinajstić information content (AvgIpc) is 2.54. The van der Waals surface area contributed by atoms with Crippen molar-refractivity contribution in [2.45, 2.75) is 0 Å². The first-order valence-corrected chi connectivity index (χ1v) is 6.64. The van der Waals surface area contributed by atoms with Gasteiger partial charge >= 0.3 is 23.9 Å². The highest BCUT2D eigenvalue weighted by molar-refractivity contribution is 5.98. The summed E-state index contributed by atoms with van der Waals surface area (Å²) in [5.41, 5.74) is -1.30. The Labute approximate surface area is 144 Å². The van der Waals surface area contributed by atoms with Crippen LogP contribution in [0.25, 0.3) is 0 Å². The van der Waals surface area contributed by atoms with Gasteiger partial charge in [0.1, 0.15) is 28.2 Å². The van der Waals surface area contributed by atoms with E-state index in [1.54, 1.807) is 0 Å². The van der Waals surface area contributed by atoms with E-state index in [9.17, 15) is 19.2 Å². The molecule has 6 N–H and O–H groups in total. The molecule has 10 heteroatoms. The van der Waals surface area contributed by atoms with Gasteiger partial charge in [0.2, 0.25) is 0 Å². The summed E-state index contributed by atoms with van der Waals surface area (Å²) in [5.74, 6) is -6.50. The molecule has 0 aliphatic heterocycles. The Morgan fingerprint density at radius 3 is 1.42 bits per heavy atom. The molecular formula is C16H12O10. The maximum Gasteiger partial charge on any atom is 0.339 e. The molecule has 0 aliphatic rings. The maximum atomic E-state index is 10.4. The van der Waals surface area contributed by atoms with Crippen LogP contribution < -0.4 is 0 Å². The molecule has 0 spiro atoms. The fourth-order valence-electron chi connectivity index (χ4n) is 1.73. The summed E-state index contributed by atoms with van der Waals surface area (Å²) in [5, 5.41) is 52.2. The second kappa shape index (κ2) is 8.15. The average molecular weight is 364 g/mol. The van der Waals surface area contributed by atoms with Crippen molar-refractivity contribution in [1.82, 2.24) is 0 Å². The molecule has 136 valence electrons. The van der Waals surface area contributed by atoms with E-state index in [-0.39, 0.29) is 11.1 Å². The summed E-state index contributed by atoms with van der Waals surface area (Å²) in [4.78, 5) is 41.7. The largest absolute Gasteiger partial charge is 0.507 e. The molecule has 0 aromatic heterocycles. The second-order valence-electron chi connectivity index (χ2n) is 4.65. The van der Waals surface area contributed by atoms with Crippen molar-refractivity contribution in [3.8, 4) is 11.5 Å². The number of hydrogen-bond donors (Lipinski definition) is 6. The van der Waals surface area contributed by atoms with Crippen LogP contribution in [0.4, 0.5) is 0 Å². The zero-order valence-corrected chi connectivity index (χ0v) is 12.8. The van der Waals surface area contributed by atoms with E-state index in [0.717, 1.165) is 30.3 Å². The topological polar surface area (TPSA) is 190 Å². The van der Waals surface area contributed by atoms with E-state index in [1.165, 1.54) is 6.07 Å². The normalized spacial score (nSPS) is 9.54. The smallest absolute Gasteiger partial charge is 0.339 e. The number of phenols is 2. The summed E-state index contributed by atoms with van der Waals surface area (Å²) >= 11 is 0. The van der Waals surface area contributed by atoms with Crippen LogP contribution in [0.2, 0.25) is 0 Å². The van der Waals surface area contributed by atoms with Gasteiger partial charge in [0.25, 0.3) is 0 Å². The summed E-state index contributed by atoms with van der Waals surface area (Å²) in [7, 11) is 0. The Morgan fingerprint density at radius 2 is 1.08 bits per heavy atom. The Hall–Kier alpha value is -4.08. The quantitative estimate of drug-likeness (QED) is 0.464. The minimum atomic E-state index is -1.36. The van der Waals surface area contributed by atoms with Crippen LogP contribution in [0.3, 0.4) is 0 Å². The fourth-order valence-corrected chi connectivity index (χ4v) is 1.73. The number of hydrogen-bond acceptors (Lipinski definition) is 6. The number of carboxylic acids is 4. The summed E-state index contributed by atoms with van der Waals surface area (Å²) in [6.45, 7) is 0. The van der Waals surface area contributed by atoms with Gasteiger partial charge in [0, 0.05) is 0 Å². The van der Waals surface area contributed by atoms with Crippen LogP contribution in [0.1, 0.15) is 41.4 Å². The lowest BCUT2D eigenvalue weighted by atomic mass is 10.1. The molecule has 0 atom stereocenters. The Balaban J connectivity index is 0.000000260. The second-order valence-corrected chi connectivity index (χ2v) is 4.65. The van der Waals surface area contributed by atoms with Gasteiger partial charge in [0.05, 0.1) is 5.56 Å². The SMILES string of the molecule is O=C(O)c1ccc(C(=O)O)c(O)c1.O=C(O)c1cccc(C(=O)O)c1O.